The summed E-state index contributed by atoms with van der Waals surface area (Å²) in [6.45, 7) is 4.10. The van der Waals surface area contributed by atoms with E-state index in [9.17, 15) is 9.18 Å². The molecule has 1 amide bonds. The fourth-order valence-electron chi connectivity index (χ4n) is 2.68. The maximum absolute atomic E-state index is 14.2. The van der Waals surface area contributed by atoms with Crippen molar-refractivity contribution in [3.05, 3.63) is 63.8 Å². The molecule has 1 N–H and O–H groups in total. The Morgan fingerprint density at radius 2 is 2.04 bits per heavy atom. The smallest absolute Gasteiger partial charge is 0.266 e. The van der Waals surface area contributed by atoms with Crippen molar-refractivity contribution >= 4 is 33.0 Å². The van der Waals surface area contributed by atoms with Gasteiger partial charge in [-0.05, 0) is 43.2 Å². The van der Waals surface area contributed by atoms with E-state index in [1.165, 1.54) is 24.5 Å². The van der Waals surface area contributed by atoms with Crippen LogP contribution in [0.3, 0.4) is 0 Å². The number of methoxy groups -OCH3 is 1. The summed E-state index contributed by atoms with van der Waals surface area (Å²) in [4.78, 5) is 13.3. The van der Waals surface area contributed by atoms with E-state index in [-0.39, 0.29) is 18.3 Å². The van der Waals surface area contributed by atoms with Crippen molar-refractivity contribution in [1.82, 2.24) is 0 Å². The Bertz CT molecular complexity index is 917. The van der Waals surface area contributed by atoms with Crippen molar-refractivity contribution in [2.75, 3.05) is 12.4 Å². The normalized spacial score (nSPS) is 11.0. The van der Waals surface area contributed by atoms with E-state index < -0.39 is 0 Å². The zero-order chi connectivity index (χ0) is 17.3. The first-order chi connectivity index (χ1) is 11.5. The number of carbonyl (C=O) groups is 1. The zero-order valence-corrected chi connectivity index (χ0v) is 14.6. The van der Waals surface area contributed by atoms with E-state index in [2.05, 4.69) is 5.32 Å². The molecule has 0 aliphatic rings. The van der Waals surface area contributed by atoms with Gasteiger partial charge in [-0.15, -0.1) is 11.3 Å². The van der Waals surface area contributed by atoms with Gasteiger partial charge in [-0.3, -0.25) is 4.79 Å². The molecule has 0 atom stereocenters. The number of ether oxygens (including phenoxy) is 1. The summed E-state index contributed by atoms with van der Waals surface area (Å²) >= 11 is 1.28. The van der Waals surface area contributed by atoms with E-state index in [0.29, 0.717) is 15.8 Å². The van der Waals surface area contributed by atoms with Crippen LogP contribution in [0.4, 0.5) is 10.1 Å². The fraction of sp³-hybridized carbons (Fsp3) is 0.211. The predicted molar refractivity (Wildman–Crippen MR) is 96.4 cm³/mol. The summed E-state index contributed by atoms with van der Waals surface area (Å²) in [7, 11) is 1.54. The maximum atomic E-state index is 14.2. The third-order valence-corrected chi connectivity index (χ3v) is 5.10. The second kappa shape index (κ2) is 6.71. The predicted octanol–water partition coefficient (Wildman–Crippen LogP) is 5.06. The second-order valence-electron chi connectivity index (χ2n) is 5.73. The average Bonchev–Trinajstić information content (AvgIpc) is 2.91. The monoisotopic (exact) mass is 343 g/mol. The number of hydrogen-bond donors (Lipinski definition) is 1. The van der Waals surface area contributed by atoms with Crippen LogP contribution in [0, 0.1) is 19.7 Å². The lowest BCUT2D eigenvalue weighted by molar-refractivity contribution is 0.102. The molecular weight excluding hydrogens is 325 g/mol. The standard InChI is InChI=1S/C19H18FNO2S/c1-11-7-8-12(2)15(9-11)21-19(22)18-13(10-23-3)17-14(20)5-4-6-16(17)24-18/h4-9H,10H2,1-3H3,(H,21,22). The highest BCUT2D eigenvalue weighted by Crippen LogP contribution is 2.34. The van der Waals surface area contributed by atoms with E-state index in [4.69, 9.17) is 4.74 Å². The molecule has 2 aromatic carbocycles. The second-order valence-corrected chi connectivity index (χ2v) is 6.78. The molecule has 0 saturated carbocycles. The number of thiophene rings is 1. The number of rotatable bonds is 4. The third kappa shape index (κ3) is 3.05. The van der Waals surface area contributed by atoms with Gasteiger partial charge in [0.2, 0.25) is 0 Å². The molecule has 124 valence electrons. The summed E-state index contributed by atoms with van der Waals surface area (Å²) in [6, 6.07) is 10.8. The lowest BCUT2D eigenvalue weighted by Gasteiger charge is -2.10. The number of amides is 1. The number of halogens is 1. The van der Waals surface area contributed by atoms with Gasteiger partial charge in [0.1, 0.15) is 5.82 Å². The average molecular weight is 343 g/mol. The van der Waals surface area contributed by atoms with Crippen LogP contribution in [-0.4, -0.2) is 13.0 Å². The van der Waals surface area contributed by atoms with Crippen molar-refractivity contribution in [3.63, 3.8) is 0 Å². The molecule has 0 unspecified atom stereocenters. The van der Waals surface area contributed by atoms with E-state index in [1.54, 1.807) is 6.07 Å². The Kier molecular flexibility index (Phi) is 4.64. The highest BCUT2D eigenvalue weighted by Gasteiger charge is 2.21. The molecule has 0 fully saturated rings. The van der Waals surface area contributed by atoms with Crippen LogP contribution < -0.4 is 5.32 Å². The highest BCUT2D eigenvalue weighted by molar-refractivity contribution is 7.21. The third-order valence-electron chi connectivity index (χ3n) is 3.90. The first kappa shape index (κ1) is 16.6. The Balaban J connectivity index is 2.05. The molecule has 0 aliphatic carbocycles. The van der Waals surface area contributed by atoms with Crippen molar-refractivity contribution in [3.8, 4) is 0 Å². The Hall–Kier alpha value is -2.24. The van der Waals surface area contributed by atoms with E-state index in [1.807, 2.05) is 38.1 Å². The SMILES string of the molecule is COCc1c(C(=O)Nc2cc(C)ccc2C)sc2cccc(F)c12. The summed E-state index contributed by atoms with van der Waals surface area (Å²) < 4.78 is 20.1. The number of benzene rings is 2. The fourth-order valence-corrected chi connectivity index (χ4v) is 3.80. The highest BCUT2D eigenvalue weighted by atomic mass is 32.1. The molecule has 0 saturated heterocycles. The van der Waals surface area contributed by atoms with Crippen LogP contribution in [0.1, 0.15) is 26.4 Å². The van der Waals surface area contributed by atoms with Gasteiger partial charge in [-0.25, -0.2) is 4.39 Å². The number of nitrogens with one attached hydrogen (secondary N) is 1. The summed E-state index contributed by atoms with van der Waals surface area (Å²) in [5.74, 6) is -0.571. The Morgan fingerprint density at radius 1 is 1.25 bits per heavy atom. The van der Waals surface area contributed by atoms with E-state index in [0.717, 1.165) is 21.5 Å². The zero-order valence-electron chi connectivity index (χ0n) is 13.8. The molecule has 1 heterocycles. The first-order valence-electron chi connectivity index (χ1n) is 7.58. The lowest BCUT2D eigenvalue weighted by Crippen LogP contribution is -2.13. The van der Waals surface area contributed by atoms with Crippen molar-refractivity contribution in [1.29, 1.82) is 0 Å². The van der Waals surface area contributed by atoms with Crippen LogP contribution in [0.2, 0.25) is 0 Å². The molecule has 0 radical (unpaired) electrons. The number of hydrogen-bond acceptors (Lipinski definition) is 3. The number of anilines is 1. The quantitative estimate of drug-likeness (QED) is 0.719. The van der Waals surface area contributed by atoms with Crippen molar-refractivity contribution in [2.24, 2.45) is 0 Å². The van der Waals surface area contributed by atoms with Gasteiger partial charge in [0.25, 0.3) is 5.91 Å². The molecule has 3 rings (SSSR count). The Morgan fingerprint density at radius 3 is 2.79 bits per heavy atom. The summed E-state index contributed by atoms with van der Waals surface area (Å²) in [5, 5.41) is 3.41. The minimum Gasteiger partial charge on any atom is -0.380 e. The minimum atomic E-state index is -0.332. The first-order valence-corrected chi connectivity index (χ1v) is 8.40. The number of fused-ring (bicyclic) bond motifs is 1. The molecule has 0 spiro atoms. The van der Waals surface area contributed by atoms with Crippen LogP contribution in [0.5, 0.6) is 0 Å². The molecule has 3 nitrogen and oxygen atoms in total. The molecular formula is C19H18FNO2S. The lowest BCUT2D eigenvalue weighted by atomic mass is 10.1. The van der Waals surface area contributed by atoms with Gasteiger partial charge >= 0.3 is 0 Å². The number of aryl methyl sites for hydroxylation is 2. The minimum absolute atomic E-state index is 0.191. The van der Waals surface area contributed by atoms with Crippen molar-refractivity contribution in [2.45, 2.75) is 20.5 Å². The molecule has 0 bridgehead atoms. The topological polar surface area (TPSA) is 38.3 Å². The molecule has 3 aromatic rings. The maximum Gasteiger partial charge on any atom is 0.266 e. The summed E-state index contributed by atoms with van der Waals surface area (Å²) in [6.07, 6.45) is 0. The van der Waals surface area contributed by atoms with E-state index >= 15 is 0 Å². The van der Waals surface area contributed by atoms with Crippen LogP contribution in [0.15, 0.2) is 36.4 Å². The van der Waals surface area contributed by atoms with Gasteiger partial charge in [0.05, 0.1) is 11.5 Å². The van der Waals surface area contributed by atoms with Crippen molar-refractivity contribution < 1.29 is 13.9 Å². The van der Waals surface area contributed by atoms with Gasteiger partial charge in [0, 0.05) is 28.4 Å². The molecule has 1 aromatic heterocycles. The Labute approximate surface area is 144 Å². The van der Waals surface area contributed by atoms with Crippen LogP contribution >= 0.6 is 11.3 Å². The molecule has 5 heteroatoms. The largest absolute Gasteiger partial charge is 0.380 e. The van der Waals surface area contributed by atoms with Gasteiger partial charge in [-0.1, -0.05) is 18.2 Å². The van der Waals surface area contributed by atoms with Crippen LogP contribution in [-0.2, 0) is 11.3 Å². The van der Waals surface area contributed by atoms with Gasteiger partial charge in [0.15, 0.2) is 0 Å². The molecule has 24 heavy (non-hydrogen) atoms. The van der Waals surface area contributed by atoms with Crippen LogP contribution in [0.25, 0.3) is 10.1 Å². The van der Waals surface area contributed by atoms with Gasteiger partial charge in [-0.2, -0.15) is 0 Å². The summed E-state index contributed by atoms with van der Waals surface area (Å²) in [5.41, 5.74) is 3.41. The van der Waals surface area contributed by atoms with Gasteiger partial charge < -0.3 is 10.1 Å². The molecule has 0 aliphatic heterocycles. The number of carbonyl (C=O) groups excluding carboxylic acids is 1.